The Labute approximate surface area is 138 Å². The second-order valence-electron chi connectivity index (χ2n) is 4.38. The average Bonchev–Trinajstić information content (AvgIpc) is 3.01. The molecule has 0 atom stereocenters. The number of halogens is 2. The van der Waals surface area contributed by atoms with Gasteiger partial charge in [-0.25, -0.2) is 4.98 Å². The molecule has 3 aromatic rings. The fraction of sp³-hybridized carbons (Fsp3) is 0.0667. The van der Waals surface area contributed by atoms with Crippen LogP contribution in [0, 0.1) is 0 Å². The van der Waals surface area contributed by atoms with E-state index in [1.165, 1.54) is 6.39 Å². The van der Waals surface area contributed by atoms with Crippen molar-refractivity contribution in [1.82, 2.24) is 9.97 Å². The first kappa shape index (κ1) is 14.3. The van der Waals surface area contributed by atoms with E-state index in [2.05, 4.69) is 47.1 Å². The summed E-state index contributed by atoms with van der Waals surface area (Å²) in [5.41, 5.74) is 2.93. The Morgan fingerprint density at radius 1 is 1.14 bits per heavy atom. The largest absolute Gasteiger partial charge is 0.444 e. The van der Waals surface area contributed by atoms with Crippen LogP contribution in [0.4, 0.5) is 5.69 Å². The van der Waals surface area contributed by atoms with Gasteiger partial charge in [0, 0.05) is 26.4 Å². The zero-order valence-corrected chi connectivity index (χ0v) is 14.1. The summed E-state index contributed by atoms with van der Waals surface area (Å²) in [5, 5.41) is 3.35. The molecular formula is C15H11Br2N3O. The first-order valence-corrected chi connectivity index (χ1v) is 7.84. The zero-order valence-electron chi connectivity index (χ0n) is 10.9. The lowest BCUT2D eigenvalue weighted by molar-refractivity contribution is 0.572. The van der Waals surface area contributed by atoms with E-state index >= 15 is 0 Å². The van der Waals surface area contributed by atoms with Crippen molar-refractivity contribution in [3.8, 4) is 11.3 Å². The number of oxazole rings is 1. The number of hydrogen-bond acceptors (Lipinski definition) is 4. The minimum absolute atomic E-state index is 0.633. The highest BCUT2D eigenvalue weighted by Crippen LogP contribution is 2.24. The van der Waals surface area contributed by atoms with Gasteiger partial charge in [0.05, 0.1) is 18.4 Å². The van der Waals surface area contributed by atoms with Crippen LogP contribution in [0.1, 0.15) is 5.69 Å². The smallest absolute Gasteiger partial charge is 0.181 e. The molecule has 0 radical (unpaired) electrons. The van der Waals surface area contributed by atoms with Gasteiger partial charge in [-0.2, -0.15) is 0 Å². The Balaban J connectivity index is 1.75. The Kier molecular flexibility index (Phi) is 4.36. The minimum Gasteiger partial charge on any atom is -0.444 e. The summed E-state index contributed by atoms with van der Waals surface area (Å²) in [6.07, 6.45) is 4.91. The summed E-state index contributed by atoms with van der Waals surface area (Å²) in [6.45, 7) is 0.633. The van der Waals surface area contributed by atoms with Crippen molar-refractivity contribution in [3.05, 3.63) is 63.8 Å². The van der Waals surface area contributed by atoms with Crippen LogP contribution < -0.4 is 5.32 Å². The number of rotatable bonds is 4. The molecule has 0 amide bonds. The fourth-order valence-corrected chi connectivity index (χ4v) is 3.03. The second kappa shape index (κ2) is 6.41. The number of benzene rings is 1. The van der Waals surface area contributed by atoms with Gasteiger partial charge >= 0.3 is 0 Å². The maximum absolute atomic E-state index is 5.31. The maximum Gasteiger partial charge on any atom is 0.181 e. The lowest BCUT2D eigenvalue weighted by Crippen LogP contribution is -2.02. The minimum atomic E-state index is 0.633. The fourth-order valence-electron chi connectivity index (χ4n) is 1.90. The van der Waals surface area contributed by atoms with Gasteiger partial charge in [0.2, 0.25) is 0 Å². The van der Waals surface area contributed by atoms with E-state index in [1.54, 1.807) is 12.4 Å². The standard InChI is InChI=1S/C15H11Br2N3O/c16-11-5-13(17)14(20-6-11)7-19-12-3-1-2-10(4-12)15-8-18-9-21-15/h1-6,8-9,19H,7H2. The molecule has 0 bridgehead atoms. The molecule has 6 heteroatoms. The molecule has 2 heterocycles. The monoisotopic (exact) mass is 407 g/mol. The van der Waals surface area contributed by atoms with Gasteiger partial charge in [-0.1, -0.05) is 12.1 Å². The number of pyridine rings is 1. The molecule has 0 fully saturated rings. The molecule has 2 aromatic heterocycles. The zero-order chi connectivity index (χ0) is 14.7. The molecule has 0 aliphatic heterocycles. The number of aromatic nitrogens is 2. The number of nitrogens with zero attached hydrogens (tertiary/aromatic N) is 2. The van der Waals surface area contributed by atoms with E-state index in [9.17, 15) is 0 Å². The van der Waals surface area contributed by atoms with E-state index in [4.69, 9.17) is 4.42 Å². The molecule has 106 valence electrons. The van der Waals surface area contributed by atoms with Gasteiger partial charge in [-0.3, -0.25) is 4.98 Å². The van der Waals surface area contributed by atoms with Crippen molar-refractivity contribution in [2.75, 3.05) is 5.32 Å². The summed E-state index contributed by atoms with van der Waals surface area (Å²) in [7, 11) is 0. The van der Waals surface area contributed by atoms with Gasteiger partial charge in [-0.15, -0.1) is 0 Å². The van der Waals surface area contributed by atoms with E-state index in [1.807, 2.05) is 30.3 Å². The highest BCUT2D eigenvalue weighted by atomic mass is 79.9. The van der Waals surface area contributed by atoms with Crippen molar-refractivity contribution in [1.29, 1.82) is 0 Å². The quantitative estimate of drug-likeness (QED) is 0.668. The molecule has 0 saturated carbocycles. The summed E-state index contributed by atoms with van der Waals surface area (Å²) in [6, 6.07) is 9.97. The topological polar surface area (TPSA) is 51.0 Å². The van der Waals surface area contributed by atoms with Crippen LogP contribution in [-0.4, -0.2) is 9.97 Å². The van der Waals surface area contributed by atoms with Crippen molar-refractivity contribution >= 4 is 37.5 Å². The highest BCUT2D eigenvalue weighted by Gasteiger charge is 2.05. The van der Waals surface area contributed by atoms with Crippen LogP contribution >= 0.6 is 31.9 Å². The van der Waals surface area contributed by atoms with Crippen LogP contribution in [0.25, 0.3) is 11.3 Å². The van der Waals surface area contributed by atoms with Crippen LogP contribution in [0.5, 0.6) is 0 Å². The Morgan fingerprint density at radius 2 is 2.05 bits per heavy atom. The van der Waals surface area contributed by atoms with Crippen molar-refractivity contribution < 1.29 is 4.42 Å². The molecule has 21 heavy (non-hydrogen) atoms. The second-order valence-corrected chi connectivity index (χ2v) is 6.15. The predicted molar refractivity (Wildman–Crippen MR) is 88.9 cm³/mol. The Morgan fingerprint density at radius 3 is 2.81 bits per heavy atom. The molecular weight excluding hydrogens is 398 g/mol. The van der Waals surface area contributed by atoms with Crippen LogP contribution in [0.2, 0.25) is 0 Å². The summed E-state index contributed by atoms with van der Waals surface area (Å²) in [4.78, 5) is 8.31. The Bertz CT molecular complexity index is 744. The summed E-state index contributed by atoms with van der Waals surface area (Å²) < 4.78 is 7.22. The molecule has 0 aliphatic carbocycles. The van der Waals surface area contributed by atoms with Crippen molar-refractivity contribution in [3.63, 3.8) is 0 Å². The molecule has 0 aliphatic rings. The SMILES string of the molecule is Brc1cnc(CNc2cccc(-c3cnco3)c2)c(Br)c1. The van der Waals surface area contributed by atoms with E-state index in [0.717, 1.165) is 31.7 Å². The van der Waals surface area contributed by atoms with E-state index in [0.29, 0.717) is 6.54 Å². The normalized spacial score (nSPS) is 10.6. The molecule has 0 unspecified atom stereocenters. The lowest BCUT2D eigenvalue weighted by Gasteiger charge is -2.08. The maximum atomic E-state index is 5.31. The number of nitrogens with one attached hydrogen (secondary N) is 1. The molecule has 0 saturated heterocycles. The van der Waals surface area contributed by atoms with Crippen molar-refractivity contribution in [2.24, 2.45) is 0 Å². The molecule has 3 rings (SSSR count). The number of anilines is 1. The van der Waals surface area contributed by atoms with E-state index in [-0.39, 0.29) is 0 Å². The van der Waals surface area contributed by atoms with Crippen LogP contribution in [0.15, 0.2) is 62.5 Å². The summed E-state index contributed by atoms with van der Waals surface area (Å²) >= 11 is 6.91. The van der Waals surface area contributed by atoms with Gasteiger partial charge in [0.1, 0.15) is 0 Å². The lowest BCUT2D eigenvalue weighted by atomic mass is 10.1. The van der Waals surface area contributed by atoms with E-state index < -0.39 is 0 Å². The van der Waals surface area contributed by atoms with Crippen LogP contribution in [0.3, 0.4) is 0 Å². The van der Waals surface area contributed by atoms with Gasteiger partial charge in [-0.05, 0) is 50.1 Å². The third-order valence-corrected chi connectivity index (χ3v) is 4.04. The predicted octanol–water partition coefficient (Wildman–Crippen LogP) is 4.87. The third-order valence-electron chi connectivity index (χ3n) is 2.92. The van der Waals surface area contributed by atoms with Gasteiger partial charge in [0.25, 0.3) is 0 Å². The first-order valence-electron chi connectivity index (χ1n) is 6.25. The third kappa shape index (κ3) is 3.51. The first-order chi connectivity index (χ1) is 10.2. The van der Waals surface area contributed by atoms with Gasteiger partial charge < -0.3 is 9.73 Å². The average molecular weight is 409 g/mol. The molecule has 0 spiro atoms. The highest BCUT2D eigenvalue weighted by molar-refractivity contribution is 9.11. The molecule has 1 N–H and O–H groups in total. The molecule has 1 aromatic carbocycles. The van der Waals surface area contributed by atoms with Crippen molar-refractivity contribution in [2.45, 2.75) is 6.54 Å². The van der Waals surface area contributed by atoms with Gasteiger partial charge in [0.15, 0.2) is 12.2 Å². The van der Waals surface area contributed by atoms with Crippen LogP contribution in [-0.2, 0) is 6.54 Å². The Hall–Kier alpha value is -1.66. The molecule has 4 nitrogen and oxygen atoms in total. The summed E-state index contributed by atoms with van der Waals surface area (Å²) in [5.74, 6) is 0.751. The number of hydrogen-bond donors (Lipinski definition) is 1.